The molecule has 7 aromatic carbocycles. The van der Waals surface area contributed by atoms with Crippen molar-refractivity contribution >= 4 is 44.3 Å². The van der Waals surface area contributed by atoms with Crippen molar-refractivity contribution in [3.05, 3.63) is 157 Å². The normalized spacial score (nSPS) is 12.4. The van der Waals surface area contributed by atoms with Crippen LogP contribution in [0, 0.1) is 0 Å². The SMILES string of the molecule is C1=Cc2c(c3ccccc3c3nc(-c4ccc(-c5ccc(-c6n[nH]c(-c7ccccc7)n6)cc5)cc4)n(-c4cccc5ccccc45)c23)NC1. The van der Waals surface area contributed by atoms with Gasteiger partial charge >= 0.3 is 0 Å². The summed E-state index contributed by atoms with van der Waals surface area (Å²) in [5.74, 6) is 2.35. The molecular weight excluding hydrogens is 613 g/mol. The van der Waals surface area contributed by atoms with Crippen LogP contribution in [0.2, 0.25) is 0 Å². The summed E-state index contributed by atoms with van der Waals surface area (Å²) in [6, 6.07) is 50.9. The van der Waals surface area contributed by atoms with E-state index in [9.17, 15) is 0 Å². The molecule has 0 fully saturated rings. The average molecular weight is 643 g/mol. The number of hydrogen-bond donors (Lipinski definition) is 2. The molecule has 0 unspecified atom stereocenters. The first kappa shape index (κ1) is 28.2. The fourth-order valence-electron chi connectivity index (χ4n) is 7.29. The van der Waals surface area contributed by atoms with Gasteiger partial charge in [0.25, 0.3) is 0 Å². The molecule has 2 N–H and O–H groups in total. The third-order valence-electron chi connectivity index (χ3n) is 9.69. The van der Waals surface area contributed by atoms with Crippen LogP contribution in [0.15, 0.2) is 152 Å². The lowest BCUT2D eigenvalue weighted by Crippen LogP contribution is -2.07. The molecule has 236 valence electrons. The van der Waals surface area contributed by atoms with Gasteiger partial charge in [-0.25, -0.2) is 9.97 Å². The highest BCUT2D eigenvalue weighted by Gasteiger charge is 2.24. The van der Waals surface area contributed by atoms with Crippen LogP contribution >= 0.6 is 0 Å². The highest BCUT2D eigenvalue weighted by Crippen LogP contribution is 2.43. The van der Waals surface area contributed by atoms with Crippen molar-refractivity contribution in [3.63, 3.8) is 0 Å². The van der Waals surface area contributed by atoms with Gasteiger partial charge in [-0.05, 0) is 22.6 Å². The third kappa shape index (κ3) is 4.54. The third-order valence-corrected chi connectivity index (χ3v) is 9.69. The van der Waals surface area contributed by atoms with Gasteiger partial charge in [0.05, 0.1) is 22.4 Å². The Kier molecular flexibility index (Phi) is 6.45. The zero-order chi connectivity index (χ0) is 33.0. The minimum Gasteiger partial charge on any atom is -0.381 e. The van der Waals surface area contributed by atoms with E-state index in [0.717, 1.165) is 79.4 Å². The number of aromatic nitrogens is 5. The molecule has 3 heterocycles. The molecule has 0 aliphatic carbocycles. The predicted molar refractivity (Wildman–Crippen MR) is 205 cm³/mol. The van der Waals surface area contributed by atoms with E-state index < -0.39 is 0 Å². The first-order chi connectivity index (χ1) is 24.8. The van der Waals surface area contributed by atoms with Crippen molar-refractivity contribution in [3.8, 4) is 51.0 Å². The lowest BCUT2D eigenvalue weighted by Gasteiger charge is -2.20. The molecule has 9 aromatic rings. The van der Waals surface area contributed by atoms with Crippen LogP contribution in [0.5, 0.6) is 0 Å². The Morgan fingerprint density at radius 2 is 1.20 bits per heavy atom. The van der Waals surface area contributed by atoms with Gasteiger partial charge in [0.1, 0.15) is 5.82 Å². The number of imidazole rings is 1. The van der Waals surface area contributed by atoms with Crippen LogP contribution in [0.25, 0.3) is 89.6 Å². The van der Waals surface area contributed by atoms with E-state index in [4.69, 9.17) is 9.97 Å². The number of hydrogen-bond acceptors (Lipinski definition) is 4. The summed E-state index contributed by atoms with van der Waals surface area (Å²) in [4.78, 5) is 10.2. The molecule has 0 bridgehead atoms. The Morgan fingerprint density at radius 1 is 0.540 bits per heavy atom. The van der Waals surface area contributed by atoms with E-state index in [2.05, 4.69) is 147 Å². The minimum absolute atomic E-state index is 0.679. The van der Waals surface area contributed by atoms with Gasteiger partial charge in [-0.1, -0.05) is 152 Å². The van der Waals surface area contributed by atoms with Crippen molar-refractivity contribution in [2.45, 2.75) is 0 Å². The van der Waals surface area contributed by atoms with Crippen molar-refractivity contribution in [1.29, 1.82) is 0 Å². The maximum atomic E-state index is 5.46. The number of nitrogens with zero attached hydrogens (tertiary/aromatic N) is 4. The summed E-state index contributed by atoms with van der Waals surface area (Å²) < 4.78 is 2.37. The van der Waals surface area contributed by atoms with Crippen LogP contribution < -0.4 is 5.32 Å². The van der Waals surface area contributed by atoms with Crippen LogP contribution in [0.1, 0.15) is 5.56 Å². The molecule has 2 aromatic heterocycles. The van der Waals surface area contributed by atoms with Crippen molar-refractivity contribution in [2.24, 2.45) is 0 Å². The van der Waals surface area contributed by atoms with E-state index in [1.165, 1.54) is 16.2 Å². The quantitative estimate of drug-likeness (QED) is 0.196. The van der Waals surface area contributed by atoms with E-state index in [-0.39, 0.29) is 0 Å². The molecule has 0 atom stereocenters. The fourth-order valence-corrected chi connectivity index (χ4v) is 7.29. The largest absolute Gasteiger partial charge is 0.381 e. The molecule has 0 spiro atoms. The van der Waals surface area contributed by atoms with Crippen LogP contribution in [-0.4, -0.2) is 31.3 Å². The standard InChI is InChI=1S/C44H30N6/c1-2-11-31(12-3-1)42-47-43(49-48-42)32-23-19-28(20-24-32)29-21-25-33(26-22-29)44-46-40-36-16-7-6-15-35(36)39-37(17-9-27-45-39)41(40)50(44)38-18-8-13-30-10-4-5-14-34(30)38/h1-26,45H,27H2,(H,47,48,49). The Hall–Kier alpha value is -6.79. The van der Waals surface area contributed by atoms with Crippen molar-refractivity contribution in [2.75, 3.05) is 11.9 Å². The lowest BCUT2D eigenvalue weighted by atomic mass is 9.98. The summed E-state index contributed by atoms with van der Waals surface area (Å²) in [5.41, 5.74) is 10.8. The van der Waals surface area contributed by atoms with E-state index >= 15 is 0 Å². The second kappa shape index (κ2) is 11.4. The Labute approximate surface area is 288 Å². The predicted octanol–water partition coefficient (Wildman–Crippen LogP) is 10.6. The molecule has 10 rings (SSSR count). The topological polar surface area (TPSA) is 71.4 Å². The number of anilines is 1. The van der Waals surface area contributed by atoms with Crippen molar-refractivity contribution in [1.82, 2.24) is 24.7 Å². The number of benzene rings is 7. The Bertz CT molecular complexity index is 2730. The molecule has 6 nitrogen and oxygen atoms in total. The Morgan fingerprint density at radius 3 is 2.00 bits per heavy atom. The van der Waals surface area contributed by atoms with E-state index in [1.54, 1.807) is 0 Å². The molecule has 0 amide bonds. The molecule has 0 saturated heterocycles. The second-order valence-corrected chi connectivity index (χ2v) is 12.6. The first-order valence-electron chi connectivity index (χ1n) is 16.8. The highest BCUT2D eigenvalue weighted by molar-refractivity contribution is 6.17. The molecule has 6 heteroatoms. The maximum absolute atomic E-state index is 5.46. The molecule has 0 radical (unpaired) electrons. The smallest absolute Gasteiger partial charge is 0.181 e. The minimum atomic E-state index is 0.679. The van der Waals surface area contributed by atoms with Gasteiger partial charge in [0.15, 0.2) is 11.6 Å². The van der Waals surface area contributed by atoms with Gasteiger partial charge in [-0.2, -0.15) is 5.10 Å². The fraction of sp³-hybridized carbons (Fsp3) is 0.0227. The molecule has 1 aliphatic heterocycles. The van der Waals surface area contributed by atoms with Crippen LogP contribution in [-0.2, 0) is 0 Å². The number of rotatable bonds is 5. The van der Waals surface area contributed by atoms with Gasteiger partial charge in [0, 0.05) is 45.0 Å². The van der Waals surface area contributed by atoms with Crippen molar-refractivity contribution < 1.29 is 0 Å². The first-order valence-corrected chi connectivity index (χ1v) is 16.8. The molecule has 50 heavy (non-hydrogen) atoms. The number of H-pyrrole nitrogens is 1. The average Bonchev–Trinajstić information content (AvgIpc) is 3.85. The molecule has 1 aliphatic rings. The summed E-state index contributed by atoms with van der Waals surface area (Å²) in [5, 5.41) is 15.9. The monoisotopic (exact) mass is 642 g/mol. The van der Waals surface area contributed by atoms with Gasteiger partial charge < -0.3 is 5.32 Å². The lowest BCUT2D eigenvalue weighted by molar-refractivity contribution is 1.10. The zero-order valence-corrected chi connectivity index (χ0v) is 27.0. The Balaban J connectivity index is 1.09. The maximum Gasteiger partial charge on any atom is 0.181 e. The van der Waals surface area contributed by atoms with E-state index in [1.807, 2.05) is 30.3 Å². The molecular formula is C44H30N6. The van der Waals surface area contributed by atoms with Gasteiger partial charge in [-0.3, -0.25) is 9.67 Å². The second-order valence-electron chi connectivity index (χ2n) is 12.6. The molecule has 0 saturated carbocycles. The highest BCUT2D eigenvalue weighted by atomic mass is 15.2. The zero-order valence-electron chi connectivity index (χ0n) is 27.0. The van der Waals surface area contributed by atoms with Crippen LogP contribution in [0.3, 0.4) is 0 Å². The summed E-state index contributed by atoms with van der Waals surface area (Å²) in [7, 11) is 0. The number of nitrogens with one attached hydrogen (secondary N) is 2. The summed E-state index contributed by atoms with van der Waals surface area (Å²) in [6.07, 6.45) is 4.45. The van der Waals surface area contributed by atoms with Gasteiger partial charge in [0.2, 0.25) is 0 Å². The van der Waals surface area contributed by atoms with Crippen LogP contribution in [0.4, 0.5) is 5.69 Å². The summed E-state index contributed by atoms with van der Waals surface area (Å²) in [6.45, 7) is 0.799. The number of fused-ring (bicyclic) bond motifs is 7. The summed E-state index contributed by atoms with van der Waals surface area (Å²) >= 11 is 0. The van der Waals surface area contributed by atoms with Gasteiger partial charge in [-0.15, -0.1) is 0 Å². The number of aromatic amines is 1. The van der Waals surface area contributed by atoms with E-state index in [0.29, 0.717) is 5.82 Å².